The molecule has 0 fully saturated rings. The van der Waals surface area contributed by atoms with Crippen LogP contribution in [-0.4, -0.2) is 11.9 Å². The molecule has 1 atom stereocenters. The van der Waals surface area contributed by atoms with Crippen molar-refractivity contribution in [3.63, 3.8) is 0 Å². The standard InChI is InChI=1S/C15H24N2O/c1-3-5-14(4-2)17-15(18)11-8-12-6-9-13(16)10-7-12/h6-7,9-10,14H,3-5,8,11,16H2,1-2H3,(H,17,18). The molecule has 0 spiro atoms. The Morgan fingerprint density at radius 1 is 1.28 bits per heavy atom. The van der Waals surface area contributed by atoms with Gasteiger partial charge in [0.05, 0.1) is 0 Å². The van der Waals surface area contributed by atoms with Crippen LogP contribution in [0.5, 0.6) is 0 Å². The van der Waals surface area contributed by atoms with Crippen LogP contribution >= 0.6 is 0 Å². The van der Waals surface area contributed by atoms with Gasteiger partial charge in [-0.3, -0.25) is 4.79 Å². The number of benzene rings is 1. The molecule has 1 rings (SSSR count). The molecule has 3 heteroatoms. The number of aryl methyl sites for hydroxylation is 1. The molecule has 0 aliphatic rings. The molecule has 1 aromatic rings. The molecule has 3 nitrogen and oxygen atoms in total. The summed E-state index contributed by atoms with van der Waals surface area (Å²) in [5, 5.41) is 3.09. The summed E-state index contributed by atoms with van der Waals surface area (Å²) in [6.07, 6.45) is 4.49. The Hall–Kier alpha value is -1.51. The SMILES string of the molecule is CCCC(CC)NC(=O)CCc1ccc(N)cc1. The summed E-state index contributed by atoms with van der Waals surface area (Å²) < 4.78 is 0. The molecule has 0 bridgehead atoms. The monoisotopic (exact) mass is 248 g/mol. The second kappa shape index (κ2) is 7.75. The van der Waals surface area contributed by atoms with Gasteiger partial charge in [-0.1, -0.05) is 32.4 Å². The smallest absolute Gasteiger partial charge is 0.220 e. The molecule has 0 heterocycles. The third-order valence-electron chi connectivity index (χ3n) is 3.12. The Morgan fingerprint density at radius 2 is 1.94 bits per heavy atom. The summed E-state index contributed by atoms with van der Waals surface area (Å²) in [6.45, 7) is 4.25. The molecule has 0 radical (unpaired) electrons. The third-order valence-corrected chi connectivity index (χ3v) is 3.12. The van der Waals surface area contributed by atoms with Crippen LogP contribution in [0.3, 0.4) is 0 Å². The van der Waals surface area contributed by atoms with Crippen LogP contribution in [0.15, 0.2) is 24.3 Å². The average Bonchev–Trinajstić information content (AvgIpc) is 2.37. The summed E-state index contributed by atoms with van der Waals surface area (Å²) in [5.74, 6) is 0.145. The number of anilines is 1. The van der Waals surface area contributed by atoms with E-state index in [1.807, 2.05) is 24.3 Å². The van der Waals surface area contributed by atoms with E-state index in [4.69, 9.17) is 5.73 Å². The zero-order valence-corrected chi connectivity index (χ0v) is 11.4. The highest BCUT2D eigenvalue weighted by atomic mass is 16.1. The van der Waals surface area contributed by atoms with E-state index in [0.29, 0.717) is 12.5 Å². The maximum Gasteiger partial charge on any atom is 0.220 e. The number of hydrogen-bond donors (Lipinski definition) is 2. The lowest BCUT2D eigenvalue weighted by Crippen LogP contribution is -2.34. The molecule has 0 aromatic heterocycles. The molecule has 0 saturated carbocycles. The molecule has 1 unspecified atom stereocenters. The Kier molecular flexibility index (Phi) is 6.26. The van der Waals surface area contributed by atoms with E-state index < -0.39 is 0 Å². The average molecular weight is 248 g/mol. The highest BCUT2D eigenvalue weighted by molar-refractivity contribution is 5.76. The predicted molar refractivity (Wildman–Crippen MR) is 76.3 cm³/mol. The van der Waals surface area contributed by atoms with Gasteiger partial charge in [0.1, 0.15) is 0 Å². The Balaban J connectivity index is 2.34. The van der Waals surface area contributed by atoms with Gasteiger partial charge >= 0.3 is 0 Å². The second-order valence-corrected chi connectivity index (χ2v) is 4.70. The first-order chi connectivity index (χ1) is 8.65. The highest BCUT2D eigenvalue weighted by Gasteiger charge is 2.09. The number of rotatable bonds is 7. The maximum absolute atomic E-state index is 11.8. The van der Waals surface area contributed by atoms with Crippen LogP contribution < -0.4 is 11.1 Å². The number of hydrogen-bond acceptors (Lipinski definition) is 2. The van der Waals surface area contributed by atoms with Crippen molar-refractivity contribution in [1.29, 1.82) is 0 Å². The number of nitrogens with one attached hydrogen (secondary N) is 1. The van der Waals surface area contributed by atoms with Gasteiger partial charge in [-0.2, -0.15) is 0 Å². The number of nitrogen functional groups attached to an aromatic ring is 1. The van der Waals surface area contributed by atoms with Crippen molar-refractivity contribution >= 4 is 11.6 Å². The topological polar surface area (TPSA) is 55.1 Å². The lowest BCUT2D eigenvalue weighted by Gasteiger charge is -2.15. The van der Waals surface area contributed by atoms with Crippen molar-refractivity contribution in [2.45, 2.75) is 52.0 Å². The van der Waals surface area contributed by atoms with Gasteiger partial charge in [-0.15, -0.1) is 0 Å². The molecular weight excluding hydrogens is 224 g/mol. The Morgan fingerprint density at radius 3 is 2.50 bits per heavy atom. The first-order valence-corrected chi connectivity index (χ1v) is 6.79. The Labute approximate surface area is 110 Å². The van der Waals surface area contributed by atoms with Crippen molar-refractivity contribution in [3.8, 4) is 0 Å². The van der Waals surface area contributed by atoms with Crippen LogP contribution in [0.2, 0.25) is 0 Å². The lowest BCUT2D eigenvalue weighted by molar-refractivity contribution is -0.121. The van der Waals surface area contributed by atoms with Crippen molar-refractivity contribution < 1.29 is 4.79 Å². The summed E-state index contributed by atoms with van der Waals surface area (Å²) in [4.78, 5) is 11.8. The number of nitrogens with two attached hydrogens (primary N) is 1. The normalized spacial score (nSPS) is 12.1. The first-order valence-electron chi connectivity index (χ1n) is 6.79. The highest BCUT2D eigenvalue weighted by Crippen LogP contribution is 2.08. The van der Waals surface area contributed by atoms with E-state index in [2.05, 4.69) is 19.2 Å². The Bertz CT molecular complexity index is 359. The van der Waals surface area contributed by atoms with E-state index in [1.54, 1.807) is 0 Å². The molecule has 18 heavy (non-hydrogen) atoms. The summed E-state index contributed by atoms with van der Waals surface area (Å²) in [6, 6.07) is 8.03. The minimum absolute atomic E-state index is 0.145. The van der Waals surface area contributed by atoms with Crippen LogP contribution in [0.1, 0.15) is 45.1 Å². The van der Waals surface area contributed by atoms with E-state index >= 15 is 0 Å². The fourth-order valence-corrected chi connectivity index (χ4v) is 1.97. The second-order valence-electron chi connectivity index (χ2n) is 4.70. The van der Waals surface area contributed by atoms with Gasteiger partial charge in [0, 0.05) is 18.2 Å². The van der Waals surface area contributed by atoms with Gasteiger partial charge in [0.25, 0.3) is 0 Å². The molecule has 1 amide bonds. The predicted octanol–water partition coefficient (Wildman–Crippen LogP) is 2.90. The third kappa shape index (κ3) is 5.21. The summed E-state index contributed by atoms with van der Waals surface area (Å²) in [7, 11) is 0. The fourth-order valence-electron chi connectivity index (χ4n) is 1.97. The van der Waals surface area contributed by atoms with Gasteiger partial charge in [-0.05, 0) is 37.0 Å². The maximum atomic E-state index is 11.8. The lowest BCUT2D eigenvalue weighted by atomic mass is 10.1. The van der Waals surface area contributed by atoms with Crippen LogP contribution in [0.25, 0.3) is 0 Å². The number of amides is 1. The molecular formula is C15H24N2O. The van der Waals surface area contributed by atoms with E-state index in [1.165, 1.54) is 0 Å². The molecule has 100 valence electrons. The summed E-state index contributed by atoms with van der Waals surface area (Å²) >= 11 is 0. The van der Waals surface area contributed by atoms with Crippen molar-refractivity contribution in [1.82, 2.24) is 5.32 Å². The van der Waals surface area contributed by atoms with Crippen LogP contribution in [0.4, 0.5) is 5.69 Å². The molecule has 3 N–H and O–H groups in total. The minimum Gasteiger partial charge on any atom is -0.399 e. The van der Waals surface area contributed by atoms with Gasteiger partial charge < -0.3 is 11.1 Å². The fraction of sp³-hybridized carbons (Fsp3) is 0.533. The minimum atomic E-state index is 0.145. The largest absolute Gasteiger partial charge is 0.399 e. The van der Waals surface area contributed by atoms with Crippen LogP contribution in [-0.2, 0) is 11.2 Å². The first kappa shape index (κ1) is 14.6. The summed E-state index contributed by atoms with van der Waals surface area (Å²) in [5.41, 5.74) is 7.54. The van der Waals surface area contributed by atoms with E-state index in [-0.39, 0.29) is 5.91 Å². The van der Waals surface area contributed by atoms with Crippen molar-refractivity contribution in [2.24, 2.45) is 0 Å². The molecule has 0 aliphatic carbocycles. The number of carbonyl (C=O) groups is 1. The van der Waals surface area contributed by atoms with Gasteiger partial charge in [0.15, 0.2) is 0 Å². The van der Waals surface area contributed by atoms with E-state index in [0.717, 1.165) is 36.9 Å². The van der Waals surface area contributed by atoms with Gasteiger partial charge in [0.2, 0.25) is 5.91 Å². The van der Waals surface area contributed by atoms with Crippen molar-refractivity contribution in [3.05, 3.63) is 29.8 Å². The molecule has 0 saturated heterocycles. The zero-order valence-electron chi connectivity index (χ0n) is 11.4. The zero-order chi connectivity index (χ0) is 13.4. The van der Waals surface area contributed by atoms with E-state index in [9.17, 15) is 4.79 Å². The van der Waals surface area contributed by atoms with Gasteiger partial charge in [-0.25, -0.2) is 0 Å². The molecule has 0 aliphatic heterocycles. The molecule has 1 aromatic carbocycles. The number of carbonyl (C=O) groups excluding carboxylic acids is 1. The van der Waals surface area contributed by atoms with Crippen LogP contribution in [0, 0.1) is 0 Å². The van der Waals surface area contributed by atoms with Crippen molar-refractivity contribution in [2.75, 3.05) is 5.73 Å². The quantitative estimate of drug-likeness (QED) is 0.729.